The highest BCUT2D eigenvalue weighted by Crippen LogP contribution is 2.25. The molecular formula is C19H20N2O3. The van der Waals surface area contributed by atoms with Crippen molar-refractivity contribution in [3.63, 3.8) is 0 Å². The molecule has 0 radical (unpaired) electrons. The molecule has 1 fully saturated rings. The first kappa shape index (κ1) is 16.2. The van der Waals surface area contributed by atoms with E-state index in [4.69, 9.17) is 0 Å². The van der Waals surface area contributed by atoms with Crippen LogP contribution in [0.25, 0.3) is 0 Å². The maximum Gasteiger partial charge on any atom is 0.227 e. The van der Waals surface area contributed by atoms with Gasteiger partial charge in [-0.25, -0.2) is 0 Å². The Balaban J connectivity index is 1.56. The molecule has 124 valence electrons. The van der Waals surface area contributed by atoms with Gasteiger partial charge < -0.3 is 15.3 Å². The van der Waals surface area contributed by atoms with Crippen molar-refractivity contribution in [1.82, 2.24) is 5.32 Å². The van der Waals surface area contributed by atoms with E-state index in [1.807, 2.05) is 60.7 Å². The Morgan fingerprint density at radius 2 is 1.75 bits per heavy atom. The first-order valence-corrected chi connectivity index (χ1v) is 8.01. The lowest BCUT2D eigenvalue weighted by molar-refractivity contribution is -0.126. The molecule has 2 atom stereocenters. The number of anilines is 1. The second-order valence-corrected chi connectivity index (χ2v) is 5.91. The molecular weight excluding hydrogens is 304 g/mol. The van der Waals surface area contributed by atoms with Crippen LogP contribution in [0.4, 0.5) is 5.69 Å². The molecule has 5 nitrogen and oxygen atoms in total. The van der Waals surface area contributed by atoms with Crippen molar-refractivity contribution in [3.8, 4) is 0 Å². The van der Waals surface area contributed by atoms with Crippen molar-refractivity contribution < 1.29 is 14.7 Å². The SMILES string of the molecule is O=C(NC[C@@H](O)c1ccccc1)[C@@H]1CC(=O)N(c2ccccc2)C1. The fourth-order valence-electron chi connectivity index (χ4n) is 2.88. The number of nitrogens with one attached hydrogen (secondary N) is 1. The second kappa shape index (κ2) is 7.27. The summed E-state index contributed by atoms with van der Waals surface area (Å²) in [7, 11) is 0. The summed E-state index contributed by atoms with van der Waals surface area (Å²) in [5.74, 6) is -0.637. The quantitative estimate of drug-likeness (QED) is 0.882. The number of aliphatic hydroxyl groups is 1. The molecule has 2 N–H and O–H groups in total. The topological polar surface area (TPSA) is 69.6 Å². The van der Waals surface area contributed by atoms with Gasteiger partial charge in [-0.2, -0.15) is 0 Å². The summed E-state index contributed by atoms with van der Waals surface area (Å²) in [6, 6.07) is 18.5. The highest BCUT2D eigenvalue weighted by atomic mass is 16.3. The Morgan fingerprint density at radius 3 is 2.42 bits per heavy atom. The number of carbonyl (C=O) groups excluding carboxylic acids is 2. The van der Waals surface area contributed by atoms with E-state index in [1.165, 1.54) is 0 Å². The lowest BCUT2D eigenvalue weighted by Gasteiger charge is -2.17. The molecule has 0 aliphatic carbocycles. The maximum atomic E-state index is 12.3. The predicted octanol–water partition coefficient (Wildman–Crippen LogP) is 1.89. The molecule has 1 aliphatic heterocycles. The van der Waals surface area contributed by atoms with Crippen molar-refractivity contribution in [1.29, 1.82) is 0 Å². The number of amides is 2. The van der Waals surface area contributed by atoms with Gasteiger partial charge >= 0.3 is 0 Å². The van der Waals surface area contributed by atoms with E-state index in [0.717, 1.165) is 11.3 Å². The van der Waals surface area contributed by atoms with Crippen LogP contribution in [-0.4, -0.2) is 30.0 Å². The van der Waals surface area contributed by atoms with E-state index >= 15 is 0 Å². The van der Waals surface area contributed by atoms with Crippen molar-refractivity contribution in [2.75, 3.05) is 18.0 Å². The van der Waals surface area contributed by atoms with Crippen LogP contribution in [0.3, 0.4) is 0 Å². The van der Waals surface area contributed by atoms with Gasteiger partial charge in [0, 0.05) is 25.2 Å². The van der Waals surface area contributed by atoms with Crippen LogP contribution < -0.4 is 10.2 Å². The number of hydrogen-bond donors (Lipinski definition) is 2. The molecule has 2 aromatic carbocycles. The molecule has 1 aliphatic rings. The third-order valence-corrected chi connectivity index (χ3v) is 4.22. The van der Waals surface area contributed by atoms with Gasteiger partial charge in [0.2, 0.25) is 11.8 Å². The van der Waals surface area contributed by atoms with Gasteiger partial charge in [-0.1, -0.05) is 48.5 Å². The van der Waals surface area contributed by atoms with Gasteiger partial charge in [0.05, 0.1) is 12.0 Å². The van der Waals surface area contributed by atoms with E-state index in [1.54, 1.807) is 4.90 Å². The number of rotatable bonds is 5. The van der Waals surface area contributed by atoms with E-state index in [0.29, 0.717) is 6.54 Å². The highest BCUT2D eigenvalue weighted by Gasteiger charge is 2.35. The molecule has 5 heteroatoms. The third kappa shape index (κ3) is 3.63. The molecule has 0 saturated carbocycles. The first-order valence-electron chi connectivity index (χ1n) is 8.01. The summed E-state index contributed by atoms with van der Waals surface area (Å²) in [5, 5.41) is 12.8. The minimum absolute atomic E-state index is 0.0510. The van der Waals surface area contributed by atoms with Crippen LogP contribution in [-0.2, 0) is 9.59 Å². The van der Waals surface area contributed by atoms with Crippen LogP contribution in [0.1, 0.15) is 18.1 Å². The van der Waals surface area contributed by atoms with Gasteiger partial charge in [-0.05, 0) is 17.7 Å². The van der Waals surface area contributed by atoms with Crippen molar-refractivity contribution >= 4 is 17.5 Å². The number of carbonyl (C=O) groups is 2. The average Bonchev–Trinajstić information content (AvgIpc) is 3.02. The van der Waals surface area contributed by atoms with Gasteiger partial charge in [-0.15, -0.1) is 0 Å². The Bertz CT molecular complexity index is 703. The Labute approximate surface area is 140 Å². The zero-order chi connectivity index (χ0) is 16.9. The van der Waals surface area contributed by atoms with Gasteiger partial charge in [0.25, 0.3) is 0 Å². The van der Waals surface area contributed by atoms with Gasteiger partial charge in [0.15, 0.2) is 0 Å². The molecule has 2 aromatic rings. The first-order chi connectivity index (χ1) is 11.6. The predicted molar refractivity (Wildman–Crippen MR) is 91.3 cm³/mol. The third-order valence-electron chi connectivity index (χ3n) is 4.22. The smallest absolute Gasteiger partial charge is 0.227 e. The number of benzene rings is 2. The Kier molecular flexibility index (Phi) is 4.91. The normalized spacial score (nSPS) is 18.5. The molecule has 0 unspecified atom stereocenters. The number of para-hydroxylation sites is 1. The molecule has 1 saturated heterocycles. The average molecular weight is 324 g/mol. The molecule has 24 heavy (non-hydrogen) atoms. The van der Waals surface area contributed by atoms with Crippen molar-refractivity contribution in [2.24, 2.45) is 5.92 Å². The lowest BCUT2D eigenvalue weighted by atomic mass is 10.1. The van der Waals surface area contributed by atoms with Crippen molar-refractivity contribution in [3.05, 3.63) is 66.2 Å². The summed E-state index contributed by atoms with van der Waals surface area (Å²) in [6.07, 6.45) is -0.556. The summed E-state index contributed by atoms with van der Waals surface area (Å²) in [5.41, 5.74) is 1.56. The molecule has 2 amide bonds. The zero-order valence-electron chi connectivity index (χ0n) is 13.3. The number of aliphatic hydroxyl groups excluding tert-OH is 1. The summed E-state index contributed by atoms with van der Waals surface area (Å²) >= 11 is 0. The lowest BCUT2D eigenvalue weighted by Crippen LogP contribution is -2.35. The van der Waals surface area contributed by atoms with Crippen molar-refractivity contribution in [2.45, 2.75) is 12.5 Å². The van der Waals surface area contributed by atoms with Crippen LogP contribution in [0.15, 0.2) is 60.7 Å². The van der Waals surface area contributed by atoms with Crippen LogP contribution in [0.2, 0.25) is 0 Å². The fraction of sp³-hybridized carbons (Fsp3) is 0.263. The summed E-state index contributed by atoms with van der Waals surface area (Å²) in [6.45, 7) is 0.509. The van der Waals surface area contributed by atoms with Gasteiger partial charge in [-0.3, -0.25) is 9.59 Å². The van der Waals surface area contributed by atoms with E-state index in [-0.39, 0.29) is 30.7 Å². The number of hydrogen-bond acceptors (Lipinski definition) is 3. The fourth-order valence-corrected chi connectivity index (χ4v) is 2.88. The summed E-state index contributed by atoms with van der Waals surface area (Å²) < 4.78 is 0. The monoisotopic (exact) mass is 324 g/mol. The van der Waals surface area contributed by atoms with Crippen LogP contribution >= 0.6 is 0 Å². The standard InChI is InChI=1S/C19H20N2O3/c22-17(14-7-3-1-4-8-14)12-20-19(24)15-11-18(23)21(13-15)16-9-5-2-6-10-16/h1-10,15,17,22H,11-13H2,(H,20,24)/t15-,17-/m1/s1. The van der Waals surface area contributed by atoms with E-state index < -0.39 is 6.10 Å². The van der Waals surface area contributed by atoms with Crippen LogP contribution in [0, 0.1) is 5.92 Å². The van der Waals surface area contributed by atoms with E-state index in [2.05, 4.69) is 5.32 Å². The van der Waals surface area contributed by atoms with Gasteiger partial charge in [0.1, 0.15) is 0 Å². The molecule has 0 spiro atoms. The zero-order valence-corrected chi connectivity index (χ0v) is 13.3. The van der Waals surface area contributed by atoms with E-state index in [9.17, 15) is 14.7 Å². The largest absolute Gasteiger partial charge is 0.387 e. The highest BCUT2D eigenvalue weighted by molar-refractivity contribution is 6.00. The van der Waals surface area contributed by atoms with Crippen LogP contribution in [0.5, 0.6) is 0 Å². The Hall–Kier alpha value is -2.66. The summed E-state index contributed by atoms with van der Waals surface area (Å²) in [4.78, 5) is 26.1. The Morgan fingerprint density at radius 1 is 1.12 bits per heavy atom. The minimum Gasteiger partial charge on any atom is -0.387 e. The molecule has 3 rings (SSSR count). The second-order valence-electron chi connectivity index (χ2n) is 5.91. The molecule has 1 heterocycles. The number of nitrogens with zero attached hydrogens (tertiary/aromatic N) is 1. The maximum absolute atomic E-state index is 12.3. The molecule has 0 bridgehead atoms. The minimum atomic E-state index is -0.752. The molecule has 0 aromatic heterocycles.